The SMILES string of the molecule is C=C(NC(=NC)/C(=C\N)C(=O)OCC)SC. The number of carbonyl (C=O) groups is 1. The Morgan fingerprint density at radius 1 is 1.69 bits per heavy atom. The van der Waals surface area contributed by atoms with Gasteiger partial charge in [-0.25, -0.2) is 4.79 Å². The molecule has 5 nitrogen and oxygen atoms in total. The molecule has 0 spiro atoms. The number of nitrogens with zero attached hydrogens (tertiary/aromatic N) is 1. The molecule has 0 aromatic rings. The third-order valence-corrected chi connectivity index (χ3v) is 2.24. The fourth-order valence-corrected chi connectivity index (χ4v) is 1.08. The van der Waals surface area contributed by atoms with Crippen LogP contribution in [0.2, 0.25) is 0 Å². The van der Waals surface area contributed by atoms with Crippen molar-refractivity contribution in [2.45, 2.75) is 6.92 Å². The van der Waals surface area contributed by atoms with Crippen molar-refractivity contribution in [1.29, 1.82) is 0 Å². The van der Waals surface area contributed by atoms with Crippen LogP contribution in [0.4, 0.5) is 0 Å². The van der Waals surface area contributed by atoms with Crippen molar-refractivity contribution < 1.29 is 9.53 Å². The first-order valence-electron chi connectivity index (χ1n) is 4.66. The summed E-state index contributed by atoms with van der Waals surface area (Å²) < 4.78 is 4.85. The first-order chi connectivity index (χ1) is 7.60. The van der Waals surface area contributed by atoms with Crippen LogP contribution in [0.15, 0.2) is 28.4 Å². The van der Waals surface area contributed by atoms with Crippen LogP contribution < -0.4 is 11.1 Å². The zero-order chi connectivity index (χ0) is 12.6. The van der Waals surface area contributed by atoms with E-state index in [9.17, 15) is 4.79 Å². The minimum absolute atomic E-state index is 0.194. The lowest BCUT2D eigenvalue weighted by atomic mass is 10.2. The molecule has 0 atom stereocenters. The number of esters is 1. The zero-order valence-corrected chi connectivity index (χ0v) is 10.6. The van der Waals surface area contributed by atoms with Crippen molar-refractivity contribution >= 4 is 23.6 Å². The molecule has 0 aliphatic heterocycles. The molecule has 0 aromatic carbocycles. The van der Waals surface area contributed by atoms with E-state index in [0.717, 1.165) is 0 Å². The number of nitrogens with one attached hydrogen (secondary N) is 1. The van der Waals surface area contributed by atoms with Crippen LogP contribution in [0.5, 0.6) is 0 Å². The van der Waals surface area contributed by atoms with E-state index in [2.05, 4.69) is 16.9 Å². The Morgan fingerprint density at radius 3 is 2.69 bits per heavy atom. The van der Waals surface area contributed by atoms with Gasteiger partial charge >= 0.3 is 5.97 Å². The Hall–Kier alpha value is -1.43. The number of nitrogens with two attached hydrogens (primary N) is 1. The molecule has 0 bridgehead atoms. The van der Waals surface area contributed by atoms with Gasteiger partial charge in [0.25, 0.3) is 0 Å². The number of thioether (sulfide) groups is 1. The number of hydrogen-bond donors (Lipinski definition) is 2. The summed E-state index contributed by atoms with van der Waals surface area (Å²) in [4.78, 5) is 15.4. The molecule has 0 aliphatic carbocycles. The predicted octanol–water partition coefficient (Wildman–Crippen LogP) is 0.844. The molecule has 0 aromatic heterocycles. The van der Waals surface area contributed by atoms with E-state index in [1.54, 1.807) is 14.0 Å². The summed E-state index contributed by atoms with van der Waals surface area (Å²) in [5, 5.41) is 3.55. The second kappa shape index (κ2) is 7.81. The van der Waals surface area contributed by atoms with E-state index in [0.29, 0.717) is 10.9 Å². The van der Waals surface area contributed by atoms with Crippen LogP contribution >= 0.6 is 11.8 Å². The van der Waals surface area contributed by atoms with Crippen molar-refractivity contribution in [2.24, 2.45) is 10.7 Å². The molecule has 0 unspecified atom stereocenters. The highest BCUT2D eigenvalue weighted by Gasteiger charge is 2.16. The lowest BCUT2D eigenvalue weighted by Gasteiger charge is -2.11. The maximum atomic E-state index is 11.5. The van der Waals surface area contributed by atoms with Crippen LogP contribution in [0.25, 0.3) is 0 Å². The van der Waals surface area contributed by atoms with Gasteiger partial charge in [-0.3, -0.25) is 4.99 Å². The smallest absolute Gasteiger partial charge is 0.343 e. The van der Waals surface area contributed by atoms with Crippen LogP contribution in [-0.2, 0) is 9.53 Å². The van der Waals surface area contributed by atoms with Crippen molar-refractivity contribution in [1.82, 2.24) is 5.32 Å². The summed E-state index contributed by atoms with van der Waals surface area (Å²) in [5.41, 5.74) is 5.57. The number of aliphatic imine (C=N–C) groups is 1. The Morgan fingerprint density at radius 2 is 2.31 bits per heavy atom. The predicted molar refractivity (Wildman–Crippen MR) is 68.1 cm³/mol. The fraction of sp³-hybridized carbons (Fsp3) is 0.400. The quantitative estimate of drug-likeness (QED) is 0.324. The molecule has 0 radical (unpaired) electrons. The second-order valence-electron chi connectivity index (χ2n) is 2.63. The van der Waals surface area contributed by atoms with Gasteiger partial charge in [-0.15, -0.1) is 11.8 Å². The molecule has 90 valence electrons. The number of carbonyl (C=O) groups excluding carboxylic acids is 1. The van der Waals surface area contributed by atoms with Gasteiger partial charge < -0.3 is 15.8 Å². The zero-order valence-electron chi connectivity index (χ0n) is 9.74. The molecular formula is C10H17N3O2S. The Labute approximate surface area is 99.8 Å². The van der Waals surface area contributed by atoms with Crippen LogP contribution in [0.3, 0.4) is 0 Å². The lowest BCUT2D eigenvalue weighted by Crippen LogP contribution is -2.28. The minimum atomic E-state index is -0.507. The molecule has 6 heteroatoms. The average molecular weight is 243 g/mol. The van der Waals surface area contributed by atoms with E-state index in [1.165, 1.54) is 18.0 Å². The monoisotopic (exact) mass is 243 g/mol. The largest absolute Gasteiger partial charge is 0.462 e. The number of rotatable bonds is 5. The maximum absolute atomic E-state index is 11.5. The Kier molecular flexibility index (Phi) is 7.11. The van der Waals surface area contributed by atoms with Crippen molar-refractivity contribution in [3.8, 4) is 0 Å². The highest BCUT2D eigenvalue weighted by molar-refractivity contribution is 8.02. The van der Waals surface area contributed by atoms with Crippen molar-refractivity contribution in [2.75, 3.05) is 19.9 Å². The van der Waals surface area contributed by atoms with Gasteiger partial charge in [0.05, 0.1) is 11.6 Å². The molecular weight excluding hydrogens is 226 g/mol. The van der Waals surface area contributed by atoms with Gasteiger partial charge in [-0.1, -0.05) is 6.58 Å². The van der Waals surface area contributed by atoms with Gasteiger partial charge in [-0.2, -0.15) is 0 Å². The maximum Gasteiger partial charge on any atom is 0.343 e. The highest BCUT2D eigenvalue weighted by atomic mass is 32.2. The van der Waals surface area contributed by atoms with Gasteiger partial charge in [0.1, 0.15) is 11.4 Å². The first kappa shape index (κ1) is 14.6. The summed E-state index contributed by atoms with van der Waals surface area (Å²) in [5.74, 6) is -0.160. The normalized spacial score (nSPS) is 12.2. The summed E-state index contributed by atoms with van der Waals surface area (Å²) in [7, 11) is 1.55. The Bertz CT molecular complexity index is 324. The minimum Gasteiger partial charge on any atom is -0.462 e. The molecule has 3 N–H and O–H groups in total. The second-order valence-corrected chi connectivity index (χ2v) is 3.53. The first-order valence-corrected chi connectivity index (χ1v) is 5.89. The molecule has 0 rings (SSSR count). The van der Waals surface area contributed by atoms with Gasteiger partial charge in [0.2, 0.25) is 0 Å². The van der Waals surface area contributed by atoms with E-state index in [4.69, 9.17) is 10.5 Å². The molecule has 0 saturated carbocycles. The third-order valence-electron chi connectivity index (χ3n) is 1.64. The average Bonchev–Trinajstić information content (AvgIpc) is 2.28. The topological polar surface area (TPSA) is 76.7 Å². The number of amidine groups is 1. The molecule has 16 heavy (non-hydrogen) atoms. The fourth-order valence-electron chi connectivity index (χ4n) is 0.879. The Balaban J connectivity index is 4.80. The summed E-state index contributed by atoms with van der Waals surface area (Å²) in [6.45, 7) is 5.75. The van der Waals surface area contributed by atoms with Crippen molar-refractivity contribution in [3.63, 3.8) is 0 Å². The van der Waals surface area contributed by atoms with Crippen LogP contribution in [0, 0.1) is 0 Å². The van der Waals surface area contributed by atoms with Crippen LogP contribution in [-0.4, -0.2) is 31.7 Å². The summed E-state index contributed by atoms with van der Waals surface area (Å²) in [6.07, 6.45) is 3.03. The molecule has 0 saturated heterocycles. The summed E-state index contributed by atoms with van der Waals surface area (Å²) in [6, 6.07) is 0. The standard InChI is InChI=1S/C10H17N3O2S/c1-5-15-10(14)8(6-11)9(12-3)13-7(2)16-4/h6H,2,5,11H2,1,3-4H3,(H,12,13)/b8-6+. The van der Waals surface area contributed by atoms with E-state index < -0.39 is 5.97 Å². The van der Waals surface area contributed by atoms with Gasteiger partial charge in [-0.05, 0) is 13.2 Å². The van der Waals surface area contributed by atoms with Crippen molar-refractivity contribution in [3.05, 3.63) is 23.4 Å². The molecule has 0 aliphatic rings. The van der Waals surface area contributed by atoms with Gasteiger partial charge in [0, 0.05) is 13.2 Å². The van der Waals surface area contributed by atoms with E-state index in [-0.39, 0.29) is 12.2 Å². The molecule has 0 amide bonds. The van der Waals surface area contributed by atoms with E-state index >= 15 is 0 Å². The number of ether oxygens (including phenoxy) is 1. The summed E-state index contributed by atoms with van der Waals surface area (Å²) >= 11 is 1.41. The van der Waals surface area contributed by atoms with Gasteiger partial charge in [0.15, 0.2) is 0 Å². The highest BCUT2D eigenvalue weighted by Crippen LogP contribution is 2.07. The van der Waals surface area contributed by atoms with Crippen LogP contribution in [0.1, 0.15) is 6.92 Å². The number of hydrogen-bond acceptors (Lipinski definition) is 5. The lowest BCUT2D eigenvalue weighted by molar-refractivity contribution is -0.137. The third kappa shape index (κ3) is 4.39. The molecule has 0 heterocycles. The van der Waals surface area contributed by atoms with E-state index in [1.807, 2.05) is 6.26 Å². The molecule has 0 fully saturated rings.